The van der Waals surface area contributed by atoms with Gasteiger partial charge in [0.05, 0.1) is 12.6 Å². The van der Waals surface area contributed by atoms with Crippen molar-refractivity contribution in [1.82, 2.24) is 30.8 Å². The molecule has 0 spiro atoms. The number of carbonyl (C=O) groups is 1. The van der Waals surface area contributed by atoms with Gasteiger partial charge >= 0.3 is 6.03 Å². The van der Waals surface area contributed by atoms with Crippen LogP contribution in [0, 0.1) is 0 Å². The van der Waals surface area contributed by atoms with Crippen molar-refractivity contribution in [3.8, 4) is 0 Å². The Morgan fingerprint density at radius 3 is 2.64 bits per heavy atom. The standard InChI is InChI=1S/C15H20N6O/c22-15(16-10-12-6-2-1-3-7-12)17-11-14-18-19-20-21(14)13-8-4-5-9-13/h1-3,6-7,13H,4-5,8-11H2,(H2,16,17,22). The first-order valence-corrected chi connectivity index (χ1v) is 7.65. The highest BCUT2D eigenvalue weighted by Gasteiger charge is 2.21. The fourth-order valence-corrected chi connectivity index (χ4v) is 2.76. The summed E-state index contributed by atoms with van der Waals surface area (Å²) in [4.78, 5) is 11.8. The molecule has 2 N–H and O–H groups in total. The quantitative estimate of drug-likeness (QED) is 0.881. The average molecular weight is 300 g/mol. The molecular weight excluding hydrogens is 280 g/mol. The number of nitrogens with one attached hydrogen (secondary N) is 2. The Morgan fingerprint density at radius 2 is 1.86 bits per heavy atom. The maximum Gasteiger partial charge on any atom is 0.315 e. The van der Waals surface area contributed by atoms with Crippen LogP contribution in [0.15, 0.2) is 30.3 Å². The summed E-state index contributed by atoms with van der Waals surface area (Å²) in [5, 5.41) is 17.4. The second-order valence-corrected chi connectivity index (χ2v) is 5.50. The van der Waals surface area contributed by atoms with Crippen LogP contribution in [0.1, 0.15) is 43.1 Å². The highest BCUT2D eigenvalue weighted by molar-refractivity contribution is 5.73. The van der Waals surface area contributed by atoms with Crippen molar-refractivity contribution in [1.29, 1.82) is 0 Å². The lowest BCUT2D eigenvalue weighted by molar-refractivity contribution is 0.239. The van der Waals surface area contributed by atoms with Gasteiger partial charge < -0.3 is 10.6 Å². The van der Waals surface area contributed by atoms with Gasteiger partial charge in [-0.2, -0.15) is 0 Å². The van der Waals surface area contributed by atoms with Crippen LogP contribution in [0.5, 0.6) is 0 Å². The van der Waals surface area contributed by atoms with Crippen molar-refractivity contribution >= 4 is 6.03 Å². The van der Waals surface area contributed by atoms with Gasteiger partial charge in [0.15, 0.2) is 5.82 Å². The summed E-state index contributed by atoms with van der Waals surface area (Å²) < 4.78 is 1.85. The number of carbonyl (C=O) groups excluding carboxylic acids is 1. The monoisotopic (exact) mass is 300 g/mol. The maximum atomic E-state index is 11.8. The van der Waals surface area contributed by atoms with Crippen molar-refractivity contribution in [2.24, 2.45) is 0 Å². The minimum absolute atomic E-state index is 0.218. The Balaban J connectivity index is 1.48. The van der Waals surface area contributed by atoms with Gasteiger partial charge in [-0.1, -0.05) is 43.2 Å². The van der Waals surface area contributed by atoms with E-state index in [1.54, 1.807) is 0 Å². The molecule has 1 aliphatic carbocycles. The summed E-state index contributed by atoms with van der Waals surface area (Å²) in [5.41, 5.74) is 1.06. The van der Waals surface area contributed by atoms with E-state index in [4.69, 9.17) is 0 Å². The van der Waals surface area contributed by atoms with E-state index in [-0.39, 0.29) is 6.03 Å². The van der Waals surface area contributed by atoms with E-state index in [0.29, 0.717) is 25.0 Å². The summed E-state index contributed by atoms with van der Waals surface area (Å²) in [5.74, 6) is 0.710. The predicted octanol–water partition coefficient (Wildman–Crippen LogP) is 1.79. The topological polar surface area (TPSA) is 84.7 Å². The molecule has 1 aromatic heterocycles. The molecule has 0 unspecified atom stereocenters. The van der Waals surface area contributed by atoms with Crippen LogP contribution in [-0.4, -0.2) is 26.2 Å². The molecule has 22 heavy (non-hydrogen) atoms. The normalized spacial score (nSPS) is 14.9. The summed E-state index contributed by atoms with van der Waals surface area (Å²) in [7, 11) is 0. The average Bonchev–Trinajstić information content (AvgIpc) is 3.22. The SMILES string of the molecule is O=C(NCc1ccccc1)NCc1nnnn1C1CCCC1. The van der Waals surface area contributed by atoms with Crippen LogP contribution >= 0.6 is 0 Å². The molecule has 0 bridgehead atoms. The van der Waals surface area contributed by atoms with Crippen molar-refractivity contribution in [2.75, 3.05) is 0 Å². The zero-order valence-corrected chi connectivity index (χ0v) is 12.4. The van der Waals surface area contributed by atoms with Crippen LogP contribution in [0.2, 0.25) is 0 Å². The highest BCUT2D eigenvalue weighted by Crippen LogP contribution is 2.28. The first kappa shape index (κ1) is 14.5. The molecule has 0 saturated heterocycles. The molecule has 1 saturated carbocycles. The van der Waals surface area contributed by atoms with Crippen LogP contribution in [0.3, 0.4) is 0 Å². The largest absolute Gasteiger partial charge is 0.334 e. The molecule has 1 aliphatic rings. The molecule has 1 aromatic carbocycles. The molecular formula is C15H20N6O. The zero-order chi connectivity index (χ0) is 15.2. The third-order valence-electron chi connectivity index (χ3n) is 3.93. The first-order chi connectivity index (χ1) is 10.8. The van der Waals surface area contributed by atoms with E-state index in [9.17, 15) is 4.79 Å². The van der Waals surface area contributed by atoms with Gasteiger partial charge in [0, 0.05) is 6.54 Å². The van der Waals surface area contributed by atoms with Crippen LogP contribution < -0.4 is 10.6 Å². The Morgan fingerprint density at radius 1 is 1.14 bits per heavy atom. The number of amides is 2. The smallest absolute Gasteiger partial charge is 0.315 e. The Bertz CT molecular complexity index is 606. The molecule has 2 amide bonds. The van der Waals surface area contributed by atoms with Gasteiger partial charge in [0.2, 0.25) is 0 Å². The lowest BCUT2D eigenvalue weighted by Crippen LogP contribution is -2.35. The lowest BCUT2D eigenvalue weighted by atomic mass is 10.2. The Hall–Kier alpha value is -2.44. The van der Waals surface area contributed by atoms with E-state index >= 15 is 0 Å². The summed E-state index contributed by atoms with van der Waals surface area (Å²) in [6.07, 6.45) is 4.65. The number of hydrogen-bond acceptors (Lipinski definition) is 4. The number of aromatic nitrogens is 4. The number of tetrazole rings is 1. The molecule has 2 aromatic rings. The van der Waals surface area contributed by atoms with Crippen LogP contribution in [0.4, 0.5) is 4.79 Å². The molecule has 7 nitrogen and oxygen atoms in total. The van der Waals surface area contributed by atoms with Gasteiger partial charge in [0.25, 0.3) is 0 Å². The second kappa shape index (κ2) is 7.02. The lowest BCUT2D eigenvalue weighted by Gasteiger charge is -2.12. The van der Waals surface area contributed by atoms with E-state index in [1.165, 1.54) is 12.8 Å². The van der Waals surface area contributed by atoms with Gasteiger partial charge in [-0.25, -0.2) is 9.48 Å². The summed E-state index contributed by atoms with van der Waals surface area (Å²) in [6.45, 7) is 0.838. The Labute approximate surface area is 129 Å². The van der Waals surface area contributed by atoms with Crippen molar-refractivity contribution < 1.29 is 4.79 Å². The fraction of sp³-hybridized carbons (Fsp3) is 0.467. The summed E-state index contributed by atoms with van der Waals surface area (Å²) >= 11 is 0. The third-order valence-corrected chi connectivity index (χ3v) is 3.93. The van der Waals surface area contributed by atoms with Gasteiger partial charge in [-0.05, 0) is 28.8 Å². The third kappa shape index (κ3) is 3.60. The number of urea groups is 1. The number of benzene rings is 1. The first-order valence-electron chi connectivity index (χ1n) is 7.65. The highest BCUT2D eigenvalue weighted by atomic mass is 16.2. The molecule has 3 rings (SSSR count). The van der Waals surface area contributed by atoms with E-state index < -0.39 is 0 Å². The number of nitrogens with zero attached hydrogens (tertiary/aromatic N) is 4. The summed E-state index contributed by atoms with van der Waals surface area (Å²) in [6, 6.07) is 9.95. The molecule has 1 fully saturated rings. The number of hydrogen-bond donors (Lipinski definition) is 2. The minimum Gasteiger partial charge on any atom is -0.334 e. The molecule has 0 radical (unpaired) electrons. The Kier molecular flexibility index (Phi) is 4.62. The number of rotatable bonds is 5. The molecule has 7 heteroatoms. The van der Waals surface area contributed by atoms with E-state index in [1.807, 2.05) is 35.0 Å². The van der Waals surface area contributed by atoms with Crippen molar-refractivity contribution in [3.63, 3.8) is 0 Å². The molecule has 0 aliphatic heterocycles. The maximum absolute atomic E-state index is 11.8. The van der Waals surface area contributed by atoms with Crippen molar-refractivity contribution in [3.05, 3.63) is 41.7 Å². The van der Waals surface area contributed by atoms with Crippen LogP contribution in [0.25, 0.3) is 0 Å². The van der Waals surface area contributed by atoms with E-state index in [2.05, 4.69) is 26.2 Å². The fourth-order valence-electron chi connectivity index (χ4n) is 2.76. The van der Waals surface area contributed by atoms with E-state index in [0.717, 1.165) is 18.4 Å². The van der Waals surface area contributed by atoms with Gasteiger partial charge in [-0.15, -0.1) is 5.10 Å². The predicted molar refractivity (Wildman–Crippen MR) is 80.8 cm³/mol. The molecule has 116 valence electrons. The van der Waals surface area contributed by atoms with Gasteiger partial charge in [-0.3, -0.25) is 0 Å². The zero-order valence-electron chi connectivity index (χ0n) is 12.4. The van der Waals surface area contributed by atoms with Crippen molar-refractivity contribution in [2.45, 2.75) is 44.8 Å². The van der Waals surface area contributed by atoms with Gasteiger partial charge in [0.1, 0.15) is 0 Å². The molecule has 1 heterocycles. The minimum atomic E-state index is -0.218. The van der Waals surface area contributed by atoms with Crippen LogP contribution in [-0.2, 0) is 13.1 Å². The second-order valence-electron chi connectivity index (χ2n) is 5.50. The molecule has 0 atom stereocenters.